The Labute approximate surface area is 205 Å². The van der Waals surface area contributed by atoms with Crippen LogP contribution in [0.1, 0.15) is 66.3 Å². The first-order valence-corrected chi connectivity index (χ1v) is 11.9. The van der Waals surface area contributed by atoms with Crippen molar-refractivity contribution in [1.82, 2.24) is 15.2 Å². The summed E-state index contributed by atoms with van der Waals surface area (Å²) in [6.07, 6.45) is 2.39. The van der Waals surface area contributed by atoms with E-state index in [2.05, 4.69) is 16.0 Å². The molecular formula is C24H37N5O6. The van der Waals surface area contributed by atoms with Gasteiger partial charge in [0.15, 0.2) is 0 Å². The van der Waals surface area contributed by atoms with Crippen molar-refractivity contribution in [3.63, 3.8) is 0 Å². The highest BCUT2D eigenvalue weighted by molar-refractivity contribution is 5.89. The summed E-state index contributed by atoms with van der Waals surface area (Å²) < 4.78 is 6.42. The lowest BCUT2D eigenvalue weighted by atomic mass is 9.91. The Morgan fingerprint density at radius 2 is 1.94 bits per heavy atom. The molecule has 1 aromatic rings. The number of nitrogens with one attached hydrogen (secondary N) is 3. The summed E-state index contributed by atoms with van der Waals surface area (Å²) in [5, 5.41) is 7.82. The molecule has 194 valence electrons. The third-order valence-corrected chi connectivity index (χ3v) is 5.52. The summed E-state index contributed by atoms with van der Waals surface area (Å²) in [5.74, 6) is -1.92. The van der Waals surface area contributed by atoms with Gasteiger partial charge in [-0.2, -0.15) is 0 Å². The Hall–Kier alpha value is -3.37. The Morgan fingerprint density at radius 1 is 1.26 bits per heavy atom. The Morgan fingerprint density at radius 3 is 2.51 bits per heavy atom. The molecule has 0 aromatic carbocycles. The number of carbonyl (C=O) groups is 4. The SMILES string of the molecule is CC(C)C[C@@H](C(=O)N[C@@H](C[C@@H]1CCCNC1=O)C(N)=O)n1cccc(NC(=O)OC(C)(C)C)c1=O. The first-order valence-electron chi connectivity index (χ1n) is 11.9. The van der Waals surface area contributed by atoms with Crippen LogP contribution in [0.4, 0.5) is 10.5 Å². The van der Waals surface area contributed by atoms with Crippen molar-refractivity contribution >= 4 is 29.5 Å². The van der Waals surface area contributed by atoms with Gasteiger partial charge in [-0.05, 0) is 64.5 Å². The number of hydrogen-bond acceptors (Lipinski definition) is 6. The van der Waals surface area contributed by atoms with Crippen molar-refractivity contribution in [2.45, 2.75) is 78.0 Å². The molecule has 0 unspecified atom stereocenters. The van der Waals surface area contributed by atoms with Gasteiger partial charge < -0.3 is 25.7 Å². The molecule has 0 spiro atoms. The molecule has 1 aromatic heterocycles. The quantitative estimate of drug-likeness (QED) is 0.411. The standard InChI is InChI=1S/C24H37N5O6/c1-14(2)12-18(21(32)27-17(19(25)30)13-15-8-6-10-26-20(15)31)29-11-7-9-16(22(29)33)28-23(34)35-24(3,4)5/h7,9,11,14-15,17-18H,6,8,10,12-13H2,1-5H3,(H2,25,30)(H,26,31)(H,27,32)(H,28,34)/t15-,17-,18-/m0/s1. The minimum Gasteiger partial charge on any atom is -0.444 e. The maximum atomic E-state index is 13.3. The van der Waals surface area contributed by atoms with Crippen LogP contribution >= 0.6 is 0 Å². The van der Waals surface area contributed by atoms with Gasteiger partial charge in [-0.1, -0.05) is 13.8 Å². The maximum absolute atomic E-state index is 13.3. The van der Waals surface area contributed by atoms with Crippen molar-refractivity contribution < 1.29 is 23.9 Å². The molecule has 0 bridgehead atoms. The molecule has 1 aliphatic rings. The second-order valence-corrected chi connectivity index (χ2v) is 10.2. The van der Waals surface area contributed by atoms with Crippen molar-refractivity contribution in [2.75, 3.05) is 11.9 Å². The molecule has 0 aliphatic carbocycles. The topological polar surface area (TPSA) is 162 Å². The Bertz CT molecular complexity index is 997. The second-order valence-electron chi connectivity index (χ2n) is 10.2. The van der Waals surface area contributed by atoms with Gasteiger partial charge >= 0.3 is 6.09 Å². The van der Waals surface area contributed by atoms with Crippen molar-refractivity contribution in [2.24, 2.45) is 17.6 Å². The average molecular weight is 492 g/mol. The van der Waals surface area contributed by atoms with E-state index in [0.29, 0.717) is 13.0 Å². The van der Waals surface area contributed by atoms with Crippen LogP contribution in [0.15, 0.2) is 23.1 Å². The zero-order valence-corrected chi connectivity index (χ0v) is 21.1. The lowest BCUT2D eigenvalue weighted by Crippen LogP contribution is -2.50. The van der Waals surface area contributed by atoms with Gasteiger partial charge in [-0.25, -0.2) is 4.79 Å². The van der Waals surface area contributed by atoms with Gasteiger partial charge in [0.2, 0.25) is 17.7 Å². The molecule has 35 heavy (non-hydrogen) atoms. The van der Waals surface area contributed by atoms with E-state index in [1.807, 2.05) is 13.8 Å². The number of primary amides is 1. The number of aromatic nitrogens is 1. The molecule has 1 aliphatic heterocycles. The number of pyridine rings is 1. The van der Waals surface area contributed by atoms with Gasteiger partial charge in [0, 0.05) is 18.7 Å². The van der Waals surface area contributed by atoms with Crippen LogP contribution in [0, 0.1) is 11.8 Å². The van der Waals surface area contributed by atoms with Crippen LogP contribution in [-0.4, -0.2) is 46.6 Å². The summed E-state index contributed by atoms with van der Waals surface area (Å²) in [4.78, 5) is 62.8. The van der Waals surface area contributed by atoms with Gasteiger partial charge in [-0.3, -0.25) is 24.5 Å². The highest BCUT2D eigenvalue weighted by Crippen LogP contribution is 2.21. The highest BCUT2D eigenvalue weighted by atomic mass is 16.6. The Balaban J connectivity index is 2.27. The minimum atomic E-state index is -1.07. The number of nitrogens with zero attached hydrogens (tertiary/aromatic N) is 1. The van der Waals surface area contributed by atoms with E-state index in [1.54, 1.807) is 20.8 Å². The van der Waals surface area contributed by atoms with E-state index in [1.165, 1.54) is 22.9 Å². The van der Waals surface area contributed by atoms with E-state index in [0.717, 1.165) is 6.42 Å². The predicted molar refractivity (Wildman–Crippen MR) is 131 cm³/mol. The monoisotopic (exact) mass is 491 g/mol. The van der Waals surface area contributed by atoms with Crippen molar-refractivity contribution in [3.05, 3.63) is 28.7 Å². The molecule has 5 N–H and O–H groups in total. The largest absolute Gasteiger partial charge is 0.444 e. The zero-order chi connectivity index (χ0) is 26.3. The summed E-state index contributed by atoms with van der Waals surface area (Å²) in [6, 6.07) is 0.919. The highest BCUT2D eigenvalue weighted by Gasteiger charge is 2.32. The summed E-state index contributed by atoms with van der Waals surface area (Å²) in [5.41, 5.74) is 4.14. The molecule has 0 saturated carbocycles. The normalized spacial score (nSPS) is 17.8. The van der Waals surface area contributed by atoms with E-state index in [-0.39, 0.29) is 30.4 Å². The number of anilines is 1. The third kappa shape index (κ3) is 8.41. The third-order valence-electron chi connectivity index (χ3n) is 5.52. The maximum Gasteiger partial charge on any atom is 0.412 e. The predicted octanol–water partition coefficient (Wildman–Crippen LogP) is 1.67. The van der Waals surface area contributed by atoms with Crippen molar-refractivity contribution in [3.8, 4) is 0 Å². The number of rotatable bonds is 9. The van der Waals surface area contributed by atoms with Gasteiger partial charge in [0.1, 0.15) is 23.4 Å². The van der Waals surface area contributed by atoms with E-state index < -0.39 is 47.1 Å². The Kier molecular flexibility index (Phi) is 9.44. The summed E-state index contributed by atoms with van der Waals surface area (Å²) in [6.45, 7) is 9.47. The average Bonchev–Trinajstić information content (AvgIpc) is 2.73. The zero-order valence-electron chi connectivity index (χ0n) is 21.1. The van der Waals surface area contributed by atoms with Crippen LogP contribution in [0.5, 0.6) is 0 Å². The van der Waals surface area contributed by atoms with Crippen LogP contribution in [0.25, 0.3) is 0 Å². The van der Waals surface area contributed by atoms with E-state index >= 15 is 0 Å². The first-order chi connectivity index (χ1) is 16.3. The summed E-state index contributed by atoms with van der Waals surface area (Å²) in [7, 11) is 0. The molecular weight excluding hydrogens is 454 g/mol. The van der Waals surface area contributed by atoms with Gasteiger partial charge in [-0.15, -0.1) is 0 Å². The number of piperidine rings is 1. The van der Waals surface area contributed by atoms with Crippen LogP contribution in [-0.2, 0) is 19.1 Å². The van der Waals surface area contributed by atoms with Crippen LogP contribution in [0.2, 0.25) is 0 Å². The lowest BCUT2D eigenvalue weighted by molar-refractivity contribution is -0.132. The lowest BCUT2D eigenvalue weighted by Gasteiger charge is -2.27. The number of hydrogen-bond donors (Lipinski definition) is 4. The van der Waals surface area contributed by atoms with Gasteiger partial charge in [0.05, 0.1) is 0 Å². The number of ether oxygens (including phenoxy) is 1. The molecule has 2 rings (SSSR count). The van der Waals surface area contributed by atoms with Crippen LogP contribution in [0.3, 0.4) is 0 Å². The molecule has 4 amide bonds. The minimum absolute atomic E-state index is 0.0243. The second kappa shape index (κ2) is 11.9. The van der Waals surface area contributed by atoms with Gasteiger partial charge in [0.25, 0.3) is 5.56 Å². The molecule has 11 heteroatoms. The molecule has 1 saturated heterocycles. The molecule has 1 fully saturated rings. The fraction of sp³-hybridized carbons (Fsp3) is 0.625. The van der Waals surface area contributed by atoms with E-state index in [9.17, 15) is 24.0 Å². The number of carbonyl (C=O) groups excluding carboxylic acids is 4. The molecule has 2 heterocycles. The fourth-order valence-electron chi connectivity index (χ4n) is 3.92. The van der Waals surface area contributed by atoms with Crippen LogP contribution < -0.4 is 27.2 Å². The fourth-order valence-corrected chi connectivity index (χ4v) is 3.92. The number of amides is 4. The molecule has 11 nitrogen and oxygen atoms in total. The smallest absolute Gasteiger partial charge is 0.412 e. The molecule has 3 atom stereocenters. The number of nitrogens with two attached hydrogens (primary N) is 1. The molecule has 0 radical (unpaired) electrons. The first kappa shape index (κ1) is 27.9. The van der Waals surface area contributed by atoms with Crippen molar-refractivity contribution in [1.29, 1.82) is 0 Å². The van der Waals surface area contributed by atoms with E-state index in [4.69, 9.17) is 10.5 Å². The summed E-state index contributed by atoms with van der Waals surface area (Å²) >= 11 is 0.